The van der Waals surface area contributed by atoms with Gasteiger partial charge in [0, 0.05) is 4.88 Å². The van der Waals surface area contributed by atoms with Crippen LogP contribution in [-0.4, -0.2) is 24.7 Å². The number of aryl methyl sites for hydroxylation is 2. The standard InChI is InChI=1S/C19H24O4S2/c1-15-10-12-17(13-11-15)25(22,23)18(19(20)21)9-5-3-2-4-7-16-8-6-14-24-16/h6,8,10-14,18H,2-5,7,9H2,1H3,(H,20,21). The molecule has 0 radical (unpaired) electrons. The van der Waals surface area contributed by atoms with Crippen LogP contribution in [0, 0.1) is 6.92 Å². The number of carboxylic acid groups (broad SMARTS) is 1. The number of unbranched alkanes of at least 4 members (excludes halogenated alkanes) is 3. The highest BCUT2D eigenvalue weighted by atomic mass is 32.2. The van der Waals surface area contributed by atoms with Crippen LogP contribution in [0.15, 0.2) is 46.7 Å². The van der Waals surface area contributed by atoms with Crippen molar-refractivity contribution in [2.45, 2.75) is 55.6 Å². The molecule has 1 atom stereocenters. The van der Waals surface area contributed by atoms with Crippen molar-refractivity contribution in [2.24, 2.45) is 0 Å². The fourth-order valence-corrected chi connectivity index (χ4v) is 5.08. The Balaban J connectivity index is 1.85. The van der Waals surface area contributed by atoms with E-state index in [1.54, 1.807) is 23.5 Å². The van der Waals surface area contributed by atoms with Gasteiger partial charge in [-0.3, -0.25) is 4.79 Å². The van der Waals surface area contributed by atoms with E-state index in [0.29, 0.717) is 6.42 Å². The quantitative estimate of drug-likeness (QED) is 0.617. The normalized spacial score (nSPS) is 12.8. The number of carboxylic acids is 1. The molecule has 4 nitrogen and oxygen atoms in total. The number of benzene rings is 1. The van der Waals surface area contributed by atoms with Crippen molar-refractivity contribution in [3.8, 4) is 0 Å². The topological polar surface area (TPSA) is 71.4 Å². The first kappa shape index (κ1) is 19.7. The molecule has 1 aromatic heterocycles. The molecule has 0 saturated heterocycles. The molecule has 1 N–H and O–H groups in total. The van der Waals surface area contributed by atoms with Gasteiger partial charge in [0.15, 0.2) is 15.1 Å². The molecule has 1 unspecified atom stereocenters. The fourth-order valence-electron chi connectivity index (χ4n) is 2.74. The van der Waals surface area contributed by atoms with Crippen LogP contribution in [0.25, 0.3) is 0 Å². The Morgan fingerprint density at radius 1 is 1.08 bits per heavy atom. The van der Waals surface area contributed by atoms with Crippen molar-refractivity contribution >= 4 is 27.1 Å². The highest BCUT2D eigenvalue weighted by Crippen LogP contribution is 2.22. The molecule has 0 saturated carbocycles. The summed E-state index contributed by atoms with van der Waals surface area (Å²) in [4.78, 5) is 12.9. The average Bonchev–Trinajstić information content (AvgIpc) is 3.07. The van der Waals surface area contributed by atoms with Gasteiger partial charge in [0.05, 0.1) is 4.90 Å². The predicted molar refractivity (Wildman–Crippen MR) is 101 cm³/mol. The molecule has 0 spiro atoms. The summed E-state index contributed by atoms with van der Waals surface area (Å²) in [6, 6.07) is 10.5. The van der Waals surface area contributed by atoms with Gasteiger partial charge in [-0.25, -0.2) is 8.42 Å². The van der Waals surface area contributed by atoms with Crippen LogP contribution < -0.4 is 0 Å². The Morgan fingerprint density at radius 3 is 2.36 bits per heavy atom. The van der Waals surface area contributed by atoms with Crippen LogP contribution in [0.2, 0.25) is 0 Å². The third-order valence-corrected chi connectivity index (χ3v) is 7.27. The molecule has 2 rings (SSSR count). The smallest absolute Gasteiger partial charge is 0.322 e. The zero-order valence-corrected chi connectivity index (χ0v) is 16.0. The van der Waals surface area contributed by atoms with E-state index < -0.39 is 21.1 Å². The second kappa shape index (κ2) is 9.15. The highest BCUT2D eigenvalue weighted by Gasteiger charge is 2.33. The number of rotatable bonds is 10. The summed E-state index contributed by atoms with van der Waals surface area (Å²) in [5.41, 5.74) is 0.941. The Kier molecular flexibility index (Phi) is 7.20. The maximum atomic E-state index is 12.6. The lowest BCUT2D eigenvalue weighted by Gasteiger charge is -2.14. The molecule has 0 aliphatic heterocycles. The van der Waals surface area contributed by atoms with Crippen molar-refractivity contribution in [3.63, 3.8) is 0 Å². The van der Waals surface area contributed by atoms with Crippen molar-refractivity contribution < 1.29 is 18.3 Å². The van der Waals surface area contributed by atoms with Crippen LogP contribution >= 0.6 is 11.3 Å². The van der Waals surface area contributed by atoms with Crippen LogP contribution in [0.4, 0.5) is 0 Å². The monoisotopic (exact) mass is 380 g/mol. The molecule has 0 bridgehead atoms. The summed E-state index contributed by atoms with van der Waals surface area (Å²) in [5.74, 6) is -1.26. The number of carbonyl (C=O) groups is 1. The predicted octanol–water partition coefficient (Wildman–Crippen LogP) is 4.48. The molecule has 0 amide bonds. The average molecular weight is 381 g/mol. The third kappa shape index (κ3) is 5.68. The zero-order chi connectivity index (χ0) is 18.3. The first-order valence-corrected chi connectivity index (χ1v) is 10.9. The molecule has 0 fully saturated rings. The van der Waals surface area contributed by atoms with Crippen LogP contribution in [-0.2, 0) is 21.1 Å². The summed E-state index contributed by atoms with van der Waals surface area (Å²) >= 11 is 1.74. The molecule has 136 valence electrons. The first-order valence-electron chi connectivity index (χ1n) is 8.47. The third-order valence-electron chi connectivity index (χ3n) is 4.22. The maximum absolute atomic E-state index is 12.6. The number of sulfone groups is 1. The highest BCUT2D eigenvalue weighted by molar-refractivity contribution is 7.92. The fraction of sp³-hybridized carbons (Fsp3) is 0.421. The molecule has 0 aliphatic carbocycles. The second-order valence-corrected chi connectivity index (χ2v) is 9.38. The Morgan fingerprint density at radius 2 is 1.76 bits per heavy atom. The number of thiophene rings is 1. The molecule has 0 aliphatic rings. The SMILES string of the molecule is Cc1ccc(S(=O)(=O)C(CCCCCCc2cccs2)C(=O)O)cc1. The van der Waals surface area contributed by atoms with Gasteiger partial charge in [0.1, 0.15) is 0 Å². The molecule has 2 aromatic rings. The van der Waals surface area contributed by atoms with Gasteiger partial charge in [-0.2, -0.15) is 0 Å². The second-order valence-electron chi connectivity index (χ2n) is 6.22. The first-order chi connectivity index (χ1) is 11.9. The van der Waals surface area contributed by atoms with E-state index in [4.69, 9.17) is 0 Å². The summed E-state index contributed by atoms with van der Waals surface area (Å²) in [7, 11) is -3.84. The minimum absolute atomic E-state index is 0.0863. The molecular weight excluding hydrogens is 356 g/mol. The van der Waals surface area contributed by atoms with Crippen molar-refractivity contribution in [3.05, 3.63) is 52.2 Å². The van der Waals surface area contributed by atoms with E-state index >= 15 is 0 Å². The van der Waals surface area contributed by atoms with Crippen LogP contribution in [0.3, 0.4) is 0 Å². The minimum atomic E-state index is -3.84. The van der Waals surface area contributed by atoms with Gasteiger partial charge < -0.3 is 5.11 Å². The largest absolute Gasteiger partial charge is 0.480 e. The molecule has 1 aromatic carbocycles. The summed E-state index contributed by atoms with van der Waals surface area (Å²) in [6.45, 7) is 1.86. The lowest BCUT2D eigenvalue weighted by molar-refractivity contribution is -0.136. The number of hydrogen-bond donors (Lipinski definition) is 1. The molecule has 1 heterocycles. The molecular formula is C19H24O4S2. The summed E-state index contributed by atoms with van der Waals surface area (Å²) < 4.78 is 25.2. The number of aliphatic carboxylic acids is 1. The Hall–Kier alpha value is -1.66. The van der Waals surface area contributed by atoms with E-state index in [1.807, 2.05) is 13.0 Å². The van der Waals surface area contributed by atoms with Crippen LogP contribution in [0.1, 0.15) is 42.5 Å². The van der Waals surface area contributed by atoms with Crippen molar-refractivity contribution in [1.82, 2.24) is 0 Å². The summed E-state index contributed by atoms with van der Waals surface area (Å²) in [6.07, 6.45) is 4.66. The van der Waals surface area contributed by atoms with E-state index in [1.165, 1.54) is 17.0 Å². The van der Waals surface area contributed by atoms with Crippen LogP contribution in [0.5, 0.6) is 0 Å². The van der Waals surface area contributed by atoms with Gasteiger partial charge >= 0.3 is 5.97 Å². The van der Waals surface area contributed by atoms with Crippen molar-refractivity contribution in [1.29, 1.82) is 0 Å². The van der Waals surface area contributed by atoms with E-state index in [-0.39, 0.29) is 11.3 Å². The van der Waals surface area contributed by atoms with E-state index in [9.17, 15) is 18.3 Å². The van der Waals surface area contributed by atoms with E-state index in [0.717, 1.165) is 31.2 Å². The lowest BCUT2D eigenvalue weighted by atomic mass is 10.1. The van der Waals surface area contributed by atoms with Crippen molar-refractivity contribution in [2.75, 3.05) is 0 Å². The lowest BCUT2D eigenvalue weighted by Crippen LogP contribution is -2.30. The summed E-state index contributed by atoms with van der Waals surface area (Å²) in [5, 5.41) is 10.1. The molecule has 25 heavy (non-hydrogen) atoms. The van der Waals surface area contributed by atoms with Gasteiger partial charge in [-0.05, 0) is 49.8 Å². The Bertz CT molecular complexity index is 762. The molecule has 6 heteroatoms. The van der Waals surface area contributed by atoms with Gasteiger partial charge in [0.2, 0.25) is 0 Å². The van der Waals surface area contributed by atoms with Gasteiger partial charge in [0.25, 0.3) is 0 Å². The minimum Gasteiger partial charge on any atom is -0.480 e. The maximum Gasteiger partial charge on any atom is 0.322 e. The van der Waals surface area contributed by atoms with E-state index in [2.05, 4.69) is 11.4 Å². The van der Waals surface area contributed by atoms with Gasteiger partial charge in [-0.15, -0.1) is 11.3 Å². The number of hydrogen-bond acceptors (Lipinski definition) is 4. The zero-order valence-electron chi connectivity index (χ0n) is 14.3. The Labute approximate surface area is 153 Å². The van der Waals surface area contributed by atoms with Gasteiger partial charge in [-0.1, -0.05) is 43.0 Å².